The summed E-state index contributed by atoms with van der Waals surface area (Å²) >= 11 is 0. The Hall–Kier alpha value is -0.800. The van der Waals surface area contributed by atoms with E-state index in [1.165, 1.54) is 19.3 Å². The Balaban J connectivity index is 1.98. The third-order valence-electron chi connectivity index (χ3n) is 5.09. The molecular weight excluding hydrogens is 260 g/mol. The van der Waals surface area contributed by atoms with E-state index in [0.29, 0.717) is 12.1 Å². The summed E-state index contributed by atoms with van der Waals surface area (Å²) in [4.78, 5) is 2.24. The fraction of sp³-hybridized carbons (Fsp3) is 0.778. The average molecular weight is 292 g/mol. The number of hydrogen-bond acceptors (Lipinski definition) is 3. The molecule has 4 unspecified atom stereocenters. The van der Waals surface area contributed by atoms with Crippen molar-refractivity contribution in [2.45, 2.75) is 52.1 Å². The van der Waals surface area contributed by atoms with Gasteiger partial charge in [0.2, 0.25) is 0 Å². The van der Waals surface area contributed by atoms with Crippen LogP contribution in [0.2, 0.25) is 0 Å². The van der Waals surface area contributed by atoms with E-state index in [4.69, 9.17) is 4.42 Å². The fourth-order valence-electron chi connectivity index (χ4n) is 3.72. The highest BCUT2D eigenvalue weighted by Crippen LogP contribution is 2.33. The quantitative estimate of drug-likeness (QED) is 0.861. The van der Waals surface area contributed by atoms with Gasteiger partial charge in [0.1, 0.15) is 5.76 Å². The molecule has 1 fully saturated rings. The minimum atomic E-state index is 0.310. The summed E-state index contributed by atoms with van der Waals surface area (Å²) in [5.41, 5.74) is 0. The lowest BCUT2D eigenvalue weighted by Crippen LogP contribution is -2.45. The number of hydrogen-bond donors (Lipinski definition) is 1. The molecule has 0 bridgehead atoms. The Kier molecular flexibility index (Phi) is 5.88. The number of rotatable bonds is 6. The van der Waals surface area contributed by atoms with Crippen molar-refractivity contribution in [2.75, 3.05) is 20.6 Å². The van der Waals surface area contributed by atoms with Crippen LogP contribution in [0.3, 0.4) is 0 Å². The molecule has 4 atom stereocenters. The third kappa shape index (κ3) is 4.33. The highest BCUT2D eigenvalue weighted by molar-refractivity contribution is 5.05. The zero-order valence-electron chi connectivity index (χ0n) is 14.3. The van der Waals surface area contributed by atoms with Gasteiger partial charge in [0.05, 0.1) is 12.3 Å². The number of likely N-dealkylation sites (N-methyl/N-ethyl adjacent to an activating group) is 1. The number of nitrogens with one attached hydrogen (secondary N) is 1. The summed E-state index contributed by atoms with van der Waals surface area (Å²) in [6.07, 6.45) is 5.83. The molecule has 3 nitrogen and oxygen atoms in total. The molecule has 2 rings (SSSR count). The van der Waals surface area contributed by atoms with E-state index >= 15 is 0 Å². The minimum Gasteiger partial charge on any atom is -0.468 e. The summed E-state index contributed by atoms with van der Waals surface area (Å²) in [6.45, 7) is 8.08. The monoisotopic (exact) mass is 292 g/mol. The molecule has 1 N–H and O–H groups in total. The van der Waals surface area contributed by atoms with E-state index in [0.717, 1.165) is 30.1 Å². The maximum absolute atomic E-state index is 5.61. The topological polar surface area (TPSA) is 28.4 Å². The molecule has 1 aromatic rings. The molecule has 0 radical (unpaired) electrons. The van der Waals surface area contributed by atoms with Crippen LogP contribution < -0.4 is 5.32 Å². The highest BCUT2D eigenvalue weighted by Gasteiger charge is 2.31. The van der Waals surface area contributed by atoms with E-state index < -0.39 is 0 Å². The molecule has 1 aliphatic rings. The fourth-order valence-corrected chi connectivity index (χ4v) is 3.72. The van der Waals surface area contributed by atoms with E-state index in [2.05, 4.69) is 51.1 Å². The first kappa shape index (κ1) is 16.6. The zero-order valence-corrected chi connectivity index (χ0v) is 14.3. The van der Waals surface area contributed by atoms with Crippen LogP contribution in [0, 0.1) is 17.8 Å². The van der Waals surface area contributed by atoms with Gasteiger partial charge < -0.3 is 9.73 Å². The maximum atomic E-state index is 5.61. The van der Waals surface area contributed by atoms with Crippen molar-refractivity contribution < 1.29 is 4.42 Å². The average Bonchev–Trinajstić information content (AvgIpc) is 2.92. The molecule has 0 saturated heterocycles. The first-order valence-electron chi connectivity index (χ1n) is 8.42. The molecule has 0 aromatic carbocycles. The molecule has 1 aliphatic carbocycles. The van der Waals surface area contributed by atoms with Gasteiger partial charge in [-0.15, -0.1) is 0 Å². The van der Waals surface area contributed by atoms with Gasteiger partial charge >= 0.3 is 0 Å². The van der Waals surface area contributed by atoms with Gasteiger partial charge in [-0.2, -0.15) is 0 Å². The summed E-state index contributed by atoms with van der Waals surface area (Å²) in [5, 5.41) is 3.85. The van der Waals surface area contributed by atoms with Crippen molar-refractivity contribution >= 4 is 0 Å². The first-order valence-corrected chi connectivity index (χ1v) is 8.42. The molecular formula is C18H32N2O. The van der Waals surface area contributed by atoms with Gasteiger partial charge in [-0.3, -0.25) is 4.90 Å². The molecule has 1 heterocycles. The molecule has 0 amide bonds. The van der Waals surface area contributed by atoms with Gasteiger partial charge in [0.25, 0.3) is 0 Å². The molecule has 1 aromatic heterocycles. The van der Waals surface area contributed by atoms with Gasteiger partial charge in [-0.05, 0) is 56.8 Å². The number of furan rings is 1. The summed E-state index contributed by atoms with van der Waals surface area (Å²) in [5.74, 6) is 3.47. The SMILES string of the molecule is CC1CCC(C(C)C)C(NCC(c2ccco2)N(C)C)C1. The van der Waals surface area contributed by atoms with Crippen LogP contribution in [0.5, 0.6) is 0 Å². The van der Waals surface area contributed by atoms with Crippen LogP contribution in [0.15, 0.2) is 22.8 Å². The van der Waals surface area contributed by atoms with Crippen molar-refractivity contribution in [3.63, 3.8) is 0 Å². The second-order valence-corrected chi connectivity index (χ2v) is 7.34. The predicted octanol–water partition coefficient (Wildman–Crippen LogP) is 3.93. The van der Waals surface area contributed by atoms with Crippen LogP contribution in [0.4, 0.5) is 0 Å². The second kappa shape index (κ2) is 7.46. The standard InChI is InChI=1S/C18H32N2O/c1-13(2)15-9-8-14(3)11-16(15)19-12-17(20(4)5)18-7-6-10-21-18/h6-7,10,13-17,19H,8-9,11-12H2,1-5H3. The van der Waals surface area contributed by atoms with E-state index in [1.54, 1.807) is 6.26 Å². The van der Waals surface area contributed by atoms with Gasteiger partial charge in [-0.1, -0.05) is 27.2 Å². The lowest BCUT2D eigenvalue weighted by Gasteiger charge is -2.39. The van der Waals surface area contributed by atoms with Gasteiger partial charge in [0, 0.05) is 12.6 Å². The minimum absolute atomic E-state index is 0.310. The Labute approximate surface area is 130 Å². The van der Waals surface area contributed by atoms with E-state index in [1.807, 2.05) is 6.07 Å². The molecule has 120 valence electrons. The number of nitrogens with zero attached hydrogens (tertiary/aromatic N) is 1. The van der Waals surface area contributed by atoms with Gasteiger partial charge in [0.15, 0.2) is 0 Å². The Morgan fingerprint density at radius 2 is 2.10 bits per heavy atom. The Morgan fingerprint density at radius 1 is 1.33 bits per heavy atom. The molecule has 1 saturated carbocycles. The maximum Gasteiger partial charge on any atom is 0.122 e. The summed E-state index contributed by atoms with van der Waals surface area (Å²) < 4.78 is 5.61. The van der Waals surface area contributed by atoms with Crippen LogP contribution in [0.1, 0.15) is 51.8 Å². The van der Waals surface area contributed by atoms with Crippen molar-refractivity contribution in [3.8, 4) is 0 Å². The molecule has 21 heavy (non-hydrogen) atoms. The zero-order chi connectivity index (χ0) is 15.4. The lowest BCUT2D eigenvalue weighted by molar-refractivity contribution is 0.154. The third-order valence-corrected chi connectivity index (χ3v) is 5.09. The predicted molar refractivity (Wildman–Crippen MR) is 88.3 cm³/mol. The van der Waals surface area contributed by atoms with E-state index in [9.17, 15) is 0 Å². The first-order chi connectivity index (χ1) is 9.99. The van der Waals surface area contributed by atoms with Crippen molar-refractivity contribution in [1.82, 2.24) is 10.2 Å². The van der Waals surface area contributed by atoms with Crippen LogP contribution in [0.25, 0.3) is 0 Å². The highest BCUT2D eigenvalue weighted by atomic mass is 16.3. The van der Waals surface area contributed by atoms with Crippen molar-refractivity contribution in [3.05, 3.63) is 24.2 Å². The Morgan fingerprint density at radius 3 is 2.67 bits per heavy atom. The Bertz CT molecular complexity index is 399. The molecule has 0 spiro atoms. The van der Waals surface area contributed by atoms with Crippen molar-refractivity contribution in [2.24, 2.45) is 17.8 Å². The summed E-state index contributed by atoms with van der Waals surface area (Å²) in [7, 11) is 4.25. The summed E-state index contributed by atoms with van der Waals surface area (Å²) in [6, 6.07) is 5.01. The largest absolute Gasteiger partial charge is 0.468 e. The molecule has 3 heteroatoms. The van der Waals surface area contributed by atoms with Crippen LogP contribution in [-0.4, -0.2) is 31.6 Å². The lowest BCUT2D eigenvalue weighted by atomic mass is 9.74. The van der Waals surface area contributed by atoms with Gasteiger partial charge in [-0.25, -0.2) is 0 Å². The smallest absolute Gasteiger partial charge is 0.122 e. The van der Waals surface area contributed by atoms with Crippen molar-refractivity contribution in [1.29, 1.82) is 0 Å². The molecule has 0 aliphatic heterocycles. The normalized spacial score (nSPS) is 28.2. The van der Waals surface area contributed by atoms with E-state index in [-0.39, 0.29) is 0 Å². The van der Waals surface area contributed by atoms with Crippen LogP contribution in [-0.2, 0) is 0 Å². The second-order valence-electron chi connectivity index (χ2n) is 7.34. The van der Waals surface area contributed by atoms with Crippen LogP contribution >= 0.6 is 0 Å².